The molecule has 1 rings (SSSR count). The molecular weight excluding hydrogens is 146 g/mol. The number of nitrogens with zero attached hydrogens (tertiary/aromatic N) is 1. The molecule has 1 aliphatic heterocycles. The van der Waals surface area contributed by atoms with Crippen molar-refractivity contribution in [3.63, 3.8) is 0 Å². The van der Waals surface area contributed by atoms with Gasteiger partial charge in [-0.3, -0.25) is 0 Å². The monoisotopic (exact) mass is 171 g/mol. The fraction of sp³-hybridized carbons (Fsp3) is 1.00. The first-order chi connectivity index (χ1) is 5.61. The summed E-state index contributed by atoms with van der Waals surface area (Å²) >= 11 is 0. The van der Waals surface area contributed by atoms with Crippen LogP contribution in [0.2, 0.25) is 0 Å². The molecular formula is C11H25N. The first-order valence-corrected chi connectivity index (χ1v) is 5.35. The van der Waals surface area contributed by atoms with E-state index in [1.807, 2.05) is 13.8 Å². The van der Waals surface area contributed by atoms with Crippen molar-refractivity contribution >= 4 is 0 Å². The van der Waals surface area contributed by atoms with E-state index >= 15 is 0 Å². The van der Waals surface area contributed by atoms with Crippen molar-refractivity contribution in [3.05, 3.63) is 0 Å². The summed E-state index contributed by atoms with van der Waals surface area (Å²) in [6.45, 7) is 15.8. The van der Waals surface area contributed by atoms with Crippen LogP contribution < -0.4 is 0 Å². The number of hydrogen-bond donors (Lipinski definition) is 0. The molecule has 0 atom stereocenters. The summed E-state index contributed by atoms with van der Waals surface area (Å²) in [5.74, 6) is 1.86. The Morgan fingerprint density at radius 1 is 1.00 bits per heavy atom. The van der Waals surface area contributed by atoms with Crippen molar-refractivity contribution in [2.75, 3.05) is 13.1 Å². The van der Waals surface area contributed by atoms with Gasteiger partial charge < -0.3 is 4.90 Å². The maximum Gasteiger partial charge on any atom is 0.00388 e. The van der Waals surface area contributed by atoms with Crippen molar-refractivity contribution in [1.29, 1.82) is 0 Å². The third-order valence-electron chi connectivity index (χ3n) is 2.61. The maximum atomic E-state index is 2.53. The van der Waals surface area contributed by atoms with Gasteiger partial charge in [0, 0.05) is 19.1 Å². The van der Waals surface area contributed by atoms with E-state index in [1.165, 1.54) is 13.1 Å². The Morgan fingerprint density at radius 2 is 1.42 bits per heavy atom. The molecule has 1 fully saturated rings. The summed E-state index contributed by atoms with van der Waals surface area (Å²) in [6, 6.07) is 0.759. The van der Waals surface area contributed by atoms with E-state index < -0.39 is 0 Å². The van der Waals surface area contributed by atoms with Crippen LogP contribution >= 0.6 is 0 Å². The number of rotatable bonds is 2. The first-order valence-electron chi connectivity index (χ1n) is 5.35. The second-order valence-electron chi connectivity index (χ2n) is 4.05. The summed E-state index contributed by atoms with van der Waals surface area (Å²) < 4.78 is 0. The Hall–Kier alpha value is -0.0400. The van der Waals surface area contributed by atoms with Crippen molar-refractivity contribution < 1.29 is 0 Å². The molecule has 0 aromatic carbocycles. The van der Waals surface area contributed by atoms with Gasteiger partial charge in [0.05, 0.1) is 0 Å². The van der Waals surface area contributed by atoms with Gasteiger partial charge in [0.15, 0.2) is 0 Å². The Balaban J connectivity index is 0.000000561. The highest BCUT2D eigenvalue weighted by Crippen LogP contribution is 2.24. The van der Waals surface area contributed by atoms with Gasteiger partial charge in [-0.1, -0.05) is 27.7 Å². The van der Waals surface area contributed by atoms with Crippen LogP contribution in [0, 0.1) is 11.8 Å². The van der Waals surface area contributed by atoms with E-state index in [4.69, 9.17) is 0 Å². The molecule has 0 N–H and O–H groups in total. The minimum atomic E-state index is 0.759. The Labute approximate surface area is 78.1 Å². The lowest BCUT2D eigenvalue weighted by atomic mass is 9.87. The van der Waals surface area contributed by atoms with Gasteiger partial charge in [0.2, 0.25) is 0 Å². The average Bonchev–Trinajstić information content (AvgIpc) is 1.86. The van der Waals surface area contributed by atoms with Crippen molar-refractivity contribution in [2.45, 2.75) is 47.6 Å². The molecule has 1 heteroatoms. The van der Waals surface area contributed by atoms with Crippen molar-refractivity contribution in [3.8, 4) is 0 Å². The fourth-order valence-electron chi connectivity index (χ4n) is 1.39. The highest BCUT2D eigenvalue weighted by atomic mass is 15.2. The smallest absolute Gasteiger partial charge is 0.00388 e. The molecule has 1 nitrogen and oxygen atoms in total. The molecule has 0 saturated carbocycles. The summed E-state index contributed by atoms with van der Waals surface area (Å²) in [6.07, 6.45) is 0. The van der Waals surface area contributed by atoms with Gasteiger partial charge in [0.25, 0.3) is 0 Å². The quantitative estimate of drug-likeness (QED) is 0.617. The molecule has 1 saturated heterocycles. The normalized spacial score (nSPS) is 19.0. The minimum Gasteiger partial charge on any atom is -0.300 e. The van der Waals surface area contributed by atoms with E-state index in [0.717, 1.165) is 17.9 Å². The zero-order valence-corrected chi connectivity index (χ0v) is 9.59. The molecule has 0 unspecified atom stereocenters. The molecule has 0 amide bonds. The van der Waals surface area contributed by atoms with Gasteiger partial charge in [0.1, 0.15) is 0 Å². The molecule has 0 aromatic heterocycles. The molecule has 12 heavy (non-hydrogen) atoms. The van der Waals surface area contributed by atoms with Gasteiger partial charge in [-0.15, -0.1) is 0 Å². The topological polar surface area (TPSA) is 3.24 Å². The van der Waals surface area contributed by atoms with Crippen LogP contribution in [-0.2, 0) is 0 Å². The third-order valence-corrected chi connectivity index (χ3v) is 2.61. The van der Waals surface area contributed by atoms with Crippen LogP contribution in [-0.4, -0.2) is 24.0 Å². The Bertz CT molecular complexity index is 89.6. The molecule has 0 aromatic rings. The number of hydrogen-bond acceptors (Lipinski definition) is 1. The molecule has 0 radical (unpaired) electrons. The molecule has 0 aliphatic carbocycles. The third kappa shape index (κ3) is 3.14. The van der Waals surface area contributed by atoms with Crippen LogP contribution in [0.25, 0.3) is 0 Å². The Kier molecular flexibility index (Phi) is 5.56. The van der Waals surface area contributed by atoms with Crippen molar-refractivity contribution in [2.24, 2.45) is 11.8 Å². The van der Waals surface area contributed by atoms with E-state index in [0.29, 0.717) is 0 Å². The molecule has 0 bridgehead atoms. The Morgan fingerprint density at radius 3 is 1.67 bits per heavy atom. The van der Waals surface area contributed by atoms with Crippen LogP contribution in [0.15, 0.2) is 0 Å². The van der Waals surface area contributed by atoms with E-state index in [1.54, 1.807) is 0 Å². The summed E-state index contributed by atoms with van der Waals surface area (Å²) in [7, 11) is 0. The van der Waals surface area contributed by atoms with Gasteiger partial charge in [-0.05, 0) is 25.7 Å². The highest BCUT2D eigenvalue weighted by Gasteiger charge is 2.29. The van der Waals surface area contributed by atoms with E-state index in [9.17, 15) is 0 Å². The lowest BCUT2D eigenvalue weighted by Crippen LogP contribution is -2.51. The van der Waals surface area contributed by atoms with Gasteiger partial charge in [-0.25, -0.2) is 0 Å². The maximum absolute atomic E-state index is 2.53. The fourth-order valence-corrected chi connectivity index (χ4v) is 1.39. The second kappa shape index (κ2) is 5.58. The number of likely N-dealkylation sites (tertiary alicyclic amines) is 1. The first kappa shape index (κ1) is 12.0. The zero-order chi connectivity index (χ0) is 9.72. The van der Waals surface area contributed by atoms with E-state index in [2.05, 4.69) is 32.6 Å². The van der Waals surface area contributed by atoms with Crippen LogP contribution in [0.4, 0.5) is 0 Å². The van der Waals surface area contributed by atoms with Crippen LogP contribution in [0.3, 0.4) is 0 Å². The minimum absolute atomic E-state index is 0.759. The predicted octanol–water partition coefficient (Wildman–Crippen LogP) is 3.01. The highest BCUT2D eigenvalue weighted by molar-refractivity contribution is 4.83. The van der Waals surface area contributed by atoms with E-state index in [-0.39, 0.29) is 0 Å². The van der Waals surface area contributed by atoms with Crippen LogP contribution in [0.5, 0.6) is 0 Å². The molecule has 0 spiro atoms. The molecule has 74 valence electrons. The average molecular weight is 171 g/mol. The SMILES string of the molecule is CC.CC(C)C1CN(C(C)C)C1. The summed E-state index contributed by atoms with van der Waals surface area (Å²) in [4.78, 5) is 2.53. The zero-order valence-electron chi connectivity index (χ0n) is 9.59. The summed E-state index contributed by atoms with van der Waals surface area (Å²) in [5, 5.41) is 0. The standard InChI is InChI=1S/C9H19N.C2H6/c1-7(2)9-5-10(6-9)8(3)4;1-2/h7-9H,5-6H2,1-4H3;1-2H3. The summed E-state index contributed by atoms with van der Waals surface area (Å²) in [5.41, 5.74) is 0. The molecule has 1 heterocycles. The predicted molar refractivity (Wildman–Crippen MR) is 56.4 cm³/mol. The lowest BCUT2D eigenvalue weighted by molar-refractivity contribution is 0.0408. The van der Waals surface area contributed by atoms with Crippen LogP contribution in [0.1, 0.15) is 41.5 Å². The van der Waals surface area contributed by atoms with Crippen molar-refractivity contribution in [1.82, 2.24) is 4.90 Å². The largest absolute Gasteiger partial charge is 0.300 e. The lowest BCUT2D eigenvalue weighted by Gasteiger charge is -2.44. The molecule has 1 aliphatic rings. The second-order valence-corrected chi connectivity index (χ2v) is 4.05. The van der Waals surface area contributed by atoms with Gasteiger partial charge in [-0.2, -0.15) is 0 Å². The van der Waals surface area contributed by atoms with Gasteiger partial charge >= 0.3 is 0 Å².